The predicted molar refractivity (Wildman–Crippen MR) is 60.2 cm³/mol. The Morgan fingerprint density at radius 3 is 2.69 bits per heavy atom. The van der Waals surface area contributed by atoms with Crippen LogP contribution in [-0.2, 0) is 0 Å². The number of nitrogens with zero attached hydrogens (tertiary/aromatic N) is 2. The molecule has 0 aliphatic heterocycles. The second kappa shape index (κ2) is 5.23. The molecule has 0 saturated heterocycles. The maximum Gasteiger partial charge on any atom is 0.305 e. The molecule has 1 unspecified atom stereocenters. The fourth-order valence-electron chi connectivity index (χ4n) is 1.29. The average Bonchev–Trinajstić information content (AvgIpc) is 2.16. The van der Waals surface area contributed by atoms with Crippen molar-refractivity contribution in [2.24, 2.45) is 0 Å². The highest BCUT2D eigenvalue weighted by atomic mass is 35.5. The molecule has 88 valence electrons. The summed E-state index contributed by atoms with van der Waals surface area (Å²) in [5, 5.41) is 10.1. The Labute approximate surface area is 97.8 Å². The van der Waals surface area contributed by atoms with E-state index >= 15 is 0 Å². The standard InChI is InChI=1S/C10H12ClFN2O2/c1-13(2)6-8(11)7-3-4-9(12)10(5-7)14(15)16/h3-5,8H,6H2,1-2H3. The van der Waals surface area contributed by atoms with Gasteiger partial charge in [0.25, 0.3) is 0 Å². The maximum atomic E-state index is 13.1. The van der Waals surface area contributed by atoms with E-state index in [0.29, 0.717) is 12.1 Å². The van der Waals surface area contributed by atoms with Crippen molar-refractivity contribution in [3.05, 3.63) is 39.7 Å². The quantitative estimate of drug-likeness (QED) is 0.466. The highest BCUT2D eigenvalue weighted by molar-refractivity contribution is 6.21. The SMILES string of the molecule is CN(C)CC(Cl)c1ccc(F)c([N+](=O)[O-])c1. The molecular weight excluding hydrogens is 235 g/mol. The van der Waals surface area contributed by atoms with Gasteiger partial charge in [-0.25, -0.2) is 0 Å². The molecule has 0 aliphatic carbocycles. The van der Waals surface area contributed by atoms with Crippen LogP contribution in [0.3, 0.4) is 0 Å². The van der Waals surface area contributed by atoms with Crippen LogP contribution in [0.25, 0.3) is 0 Å². The first kappa shape index (κ1) is 12.9. The first-order valence-corrected chi connectivity index (χ1v) is 5.08. The molecular formula is C10H12ClFN2O2. The van der Waals surface area contributed by atoms with Crippen LogP contribution in [0.4, 0.5) is 10.1 Å². The molecule has 16 heavy (non-hydrogen) atoms. The van der Waals surface area contributed by atoms with E-state index in [9.17, 15) is 14.5 Å². The number of hydrogen-bond donors (Lipinski definition) is 0. The largest absolute Gasteiger partial charge is 0.308 e. The summed E-state index contributed by atoms with van der Waals surface area (Å²) in [6.07, 6.45) is 0. The van der Waals surface area contributed by atoms with Gasteiger partial charge in [-0.2, -0.15) is 4.39 Å². The molecule has 0 amide bonds. The van der Waals surface area contributed by atoms with Crippen molar-refractivity contribution >= 4 is 17.3 Å². The summed E-state index contributed by atoms with van der Waals surface area (Å²) < 4.78 is 13.1. The van der Waals surface area contributed by atoms with Crippen LogP contribution in [0.5, 0.6) is 0 Å². The second-order valence-corrected chi connectivity index (χ2v) is 4.22. The van der Waals surface area contributed by atoms with Crippen molar-refractivity contribution in [2.75, 3.05) is 20.6 Å². The fourth-order valence-corrected chi connectivity index (χ4v) is 1.70. The van der Waals surface area contributed by atoms with E-state index in [-0.39, 0.29) is 0 Å². The lowest BCUT2D eigenvalue weighted by molar-refractivity contribution is -0.387. The first-order chi connectivity index (χ1) is 7.41. The summed E-state index contributed by atoms with van der Waals surface area (Å²) in [6.45, 7) is 0.532. The van der Waals surface area contributed by atoms with Crippen LogP contribution in [0, 0.1) is 15.9 Å². The lowest BCUT2D eigenvalue weighted by Gasteiger charge is -2.15. The van der Waals surface area contributed by atoms with E-state index in [2.05, 4.69) is 0 Å². The third kappa shape index (κ3) is 3.15. The van der Waals surface area contributed by atoms with Gasteiger partial charge in [-0.3, -0.25) is 10.1 Å². The molecule has 0 fully saturated rings. The zero-order chi connectivity index (χ0) is 12.3. The van der Waals surface area contributed by atoms with Gasteiger partial charge in [0, 0.05) is 12.6 Å². The van der Waals surface area contributed by atoms with Crippen LogP contribution in [0.2, 0.25) is 0 Å². The number of likely N-dealkylation sites (N-methyl/N-ethyl adjacent to an activating group) is 1. The van der Waals surface area contributed by atoms with E-state index in [1.165, 1.54) is 12.1 Å². The summed E-state index contributed by atoms with van der Waals surface area (Å²) >= 11 is 6.04. The number of nitro groups is 1. The smallest absolute Gasteiger partial charge is 0.305 e. The third-order valence-corrected chi connectivity index (χ3v) is 2.44. The molecule has 4 nitrogen and oxygen atoms in total. The van der Waals surface area contributed by atoms with Gasteiger partial charge in [-0.05, 0) is 25.7 Å². The van der Waals surface area contributed by atoms with E-state index in [4.69, 9.17) is 11.6 Å². The lowest BCUT2D eigenvalue weighted by atomic mass is 10.1. The number of halogens is 2. The number of alkyl halides is 1. The van der Waals surface area contributed by atoms with Gasteiger partial charge in [0.05, 0.1) is 10.3 Å². The van der Waals surface area contributed by atoms with Crippen molar-refractivity contribution in [1.29, 1.82) is 0 Å². The molecule has 0 spiro atoms. The molecule has 1 aromatic carbocycles. The Balaban J connectivity index is 2.98. The van der Waals surface area contributed by atoms with Gasteiger partial charge >= 0.3 is 5.69 Å². The number of rotatable bonds is 4. The number of benzene rings is 1. The van der Waals surface area contributed by atoms with Crippen LogP contribution >= 0.6 is 11.6 Å². The topological polar surface area (TPSA) is 46.4 Å². The second-order valence-electron chi connectivity index (χ2n) is 3.70. The van der Waals surface area contributed by atoms with Gasteiger partial charge in [0.2, 0.25) is 5.82 Å². The Kier molecular flexibility index (Phi) is 4.20. The van der Waals surface area contributed by atoms with Crippen LogP contribution in [0.1, 0.15) is 10.9 Å². The summed E-state index contributed by atoms with van der Waals surface area (Å²) in [6, 6.07) is 3.71. The zero-order valence-corrected chi connectivity index (χ0v) is 9.74. The minimum atomic E-state index is -0.845. The Morgan fingerprint density at radius 1 is 1.56 bits per heavy atom. The van der Waals surface area contributed by atoms with Gasteiger partial charge in [-0.15, -0.1) is 11.6 Å². The van der Waals surface area contributed by atoms with Crippen LogP contribution in [0.15, 0.2) is 18.2 Å². The number of nitro benzene ring substituents is 1. The van der Waals surface area contributed by atoms with Gasteiger partial charge < -0.3 is 4.90 Å². The van der Waals surface area contributed by atoms with Gasteiger partial charge in [0.15, 0.2) is 0 Å². The minimum absolute atomic E-state index is 0.394. The van der Waals surface area contributed by atoms with Gasteiger partial charge in [0.1, 0.15) is 0 Å². The van der Waals surface area contributed by atoms with E-state index < -0.39 is 21.8 Å². The van der Waals surface area contributed by atoms with E-state index in [0.717, 1.165) is 6.07 Å². The fraction of sp³-hybridized carbons (Fsp3) is 0.400. The van der Waals surface area contributed by atoms with Crippen molar-refractivity contribution in [2.45, 2.75) is 5.38 Å². The molecule has 1 aromatic rings. The molecule has 0 heterocycles. The molecule has 0 aliphatic rings. The highest BCUT2D eigenvalue weighted by Crippen LogP contribution is 2.26. The molecule has 0 aromatic heterocycles. The molecule has 1 atom stereocenters. The predicted octanol–water partition coefficient (Wildman–Crippen LogP) is 2.58. The summed E-state index contributed by atoms with van der Waals surface area (Å²) in [5.41, 5.74) is 0.00497. The average molecular weight is 247 g/mol. The van der Waals surface area contributed by atoms with Crippen molar-refractivity contribution in [3.63, 3.8) is 0 Å². The van der Waals surface area contributed by atoms with Crippen molar-refractivity contribution in [1.82, 2.24) is 4.90 Å². The van der Waals surface area contributed by atoms with E-state index in [1.807, 2.05) is 19.0 Å². The molecule has 0 N–H and O–H groups in total. The number of hydrogen-bond acceptors (Lipinski definition) is 3. The Bertz CT molecular complexity index is 398. The highest BCUT2D eigenvalue weighted by Gasteiger charge is 2.18. The molecule has 0 radical (unpaired) electrons. The maximum absolute atomic E-state index is 13.1. The zero-order valence-electron chi connectivity index (χ0n) is 8.98. The van der Waals surface area contributed by atoms with Crippen LogP contribution in [-0.4, -0.2) is 30.5 Å². The third-order valence-electron chi connectivity index (χ3n) is 2.05. The van der Waals surface area contributed by atoms with Gasteiger partial charge in [-0.1, -0.05) is 6.07 Å². The summed E-state index contributed by atoms with van der Waals surface area (Å²) in [5.74, 6) is -0.845. The summed E-state index contributed by atoms with van der Waals surface area (Å²) in [7, 11) is 3.68. The molecule has 1 rings (SSSR count). The minimum Gasteiger partial charge on any atom is -0.308 e. The van der Waals surface area contributed by atoms with Crippen molar-refractivity contribution < 1.29 is 9.31 Å². The van der Waals surface area contributed by atoms with Crippen LogP contribution < -0.4 is 0 Å². The van der Waals surface area contributed by atoms with E-state index in [1.54, 1.807) is 0 Å². The van der Waals surface area contributed by atoms with Crippen molar-refractivity contribution in [3.8, 4) is 0 Å². The normalized spacial score (nSPS) is 12.8. The lowest BCUT2D eigenvalue weighted by Crippen LogP contribution is -2.17. The molecule has 6 heteroatoms. The summed E-state index contributed by atoms with van der Waals surface area (Å²) in [4.78, 5) is 11.6. The molecule has 0 bridgehead atoms. The molecule has 0 saturated carbocycles. The first-order valence-electron chi connectivity index (χ1n) is 4.64. The Morgan fingerprint density at radius 2 is 2.19 bits per heavy atom. The Hall–Kier alpha value is -1.20. The monoisotopic (exact) mass is 246 g/mol.